The summed E-state index contributed by atoms with van der Waals surface area (Å²) in [4.78, 5) is 4.85. The molecular formula is C20H36IN3O2. The number of aryl methyl sites for hydroxylation is 1. The lowest BCUT2D eigenvalue weighted by molar-refractivity contribution is -0.0823. The van der Waals surface area contributed by atoms with E-state index in [2.05, 4.69) is 45.3 Å². The maximum absolute atomic E-state index is 6.08. The lowest BCUT2D eigenvalue weighted by Crippen LogP contribution is -2.43. The molecule has 0 spiro atoms. The van der Waals surface area contributed by atoms with Gasteiger partial charge in [0.1, 0.15) is 11.5 Å². The largest absolute Gasteiger partial charge is 0.464 e. The molecule has 1 fully saturated rings. The van der Waals surface area contributed by atoms with Crippen molar-refractivity contribution in [3.05, 3.63) is 23.7 Å². The Hall–Kier alpha value is -0.760. The molecule has 3 unspecified atom stereocenters. The number of nitrogens with zero attached hydrogens (tertiary/aromatic N) is 1. The fourth-order valence-electron chi connectivity index (χ4n) is 3.48. The van der Waals surface area contributed by atoms with Crippen molar-refractivity contribution in [3.63, 3.8) is 0 Å². The Bertz CT molecular complexity index is 566. The predicted molar refractivity (Wildman–Crippen MR) is 118 cm³/mol. The maximum Gasteiger partial charge on any atom is 0.191 e. The first-order valence-electron chi connectivity index (χ1n) is 9.54. The van der Waals surface area contributed by atoms with Crippen molar-refractivity contribution in [3.8, 4) is 0 Å². The van der Waals surface area contributed by atoms with Crippen molar-refractivity contribution in [2.24, 2.45) is 16.3 Å². The Labute approximate surface area is 175 Å². The first-order chi connectivity index (χ1) is 11.8. The number of aliphatic imine (C=N–C) groups is 1. The average Bonchev–Trinajstić information content (AvgIpc) is 2.99. The maximum atomic E-state index is 6.08. The van der Waals surface area contributed by atoms with Crippen molar-refractivity contribution in [1.82, 2.24) is 10.6 Å². The molecule has 0 bridgehead atoms. The van der Waals surface area contributed by atoms with Gasteiger partial charge in [0.15, 0.2) is 5.96 Å². The summed E-state index contributed by atoms with van der Waals surface area (Å²) in [5, 5.41) is 6.78. The van der Waals surface area contributed by atoms with Gasteiger partial charge in [-0.1, -0.05) is 20.8 Å². The summed E-state index contributed by atoms with van der Waals surface area (Å²) in [5.74, 6) is 3.15. The van der Waals surface area contributed by atoms with Crippen LogP contribution in [0.1, 0.15) is 65.0 Å². The fourth-order valence-corrected chi connectivity index (χ4v) is 3.48. The summed E-state index contributed by atoms with van der Waals surface area (Å²) in [6.45, 7) is 15.4. The van der Waals surface area contributed by atoms with Crippen LogP contribution < -0.4 is 10.6 Å². The van der Waals surface area contributed by atoms with E-state index in [1.54, 1.807) is 0 Å². The van der Waals surface area contributed by atoms with Crippen molar-refractivity contribution in [1.29, 1.82) is 0 Å². The summed E-state index contributed by atoms with van der Waals surface area (Å²) in [5.41, 5.74) is 0.144. The first-order valence-corrected chi connectivity index (χ1v) is 9.54. The minimum absolute atomic E-state index is 0. The number of ether oxygens (including phenoxy) is 1. The van der Waals surface area contributed by atoms with Crippen LogP contribution in [0.25, 0.3) is 0 Å². The molecule has 2 N–H and O–H groups in total. The Balaban J connectivity index is 0.00000338. The van der Waals surface area contributed by atoms with Crippen molar-refractivity contribution < 1.29 is 9.15 Å². The minimum atomic E-state index is 0. The highest BCUT2D eigenvalue weighted by Crippen LogP contribution is 2.34. The van der Waals surface area contributed by atoms with Crippen LogP contribution in [0.2, 0.25) is 0 Å². The molecule has 1 aromatic rings. The van der Waals surface area contributed by atoms with Gasteiger partial charge < -0.3 is 19.8 Å². The van der Waals surface area contributed by atoms with Gasteiger partial charge >= 0.3 is 0 Å². The lowest BCUT2D eigenvalue weighted by atomic mass is 9.78. The molecule has 5 nitrogen and oxygen atoms in total. The van der Waals surface area contributed by atoms with Gasteiger partial charge in [-0.25, -0.2) is 0 Å². The van der Waals surface area contributed by atoms with Gasteiger partial charge in [-0.2, -0.15) is 0 Å². The monoisotopic (exact) mass is 477 g/mol. The molecule has 1 saturated heterocycles. The number of furan rings is 1. The van der Waals surface area contributed by atoms with E-state index in [0.29, 0.717) is 5.92 Å². The number of rotatable bonds is 5. The minimum Gasteiger partial charge on any atom is -0.464 e. The van der Waals surface area contributed by atoms with Gasteiger partial charge in [0.05, 0.1) is 12.1 Å². The summed E-state index contributed by atoms with van der Waals surface area (Å²) >= 11 is 0. The molecule has 2 heterocycles. The van der Waals surface area contributed by atoms with Crippen molar-refractivity contribution in [2.45, 2.75) is 66.5 Å². The third-order valence-electron chi connectivity index (χ3n) is 4.67. The number of nitrogens with one attached hydrogen (secondary N) is 2. The van der Waals surface area contributed by atoms with Crippen LogP contribution in [-0.2, 0) is 4.74 Å². The van der Waals surface area contributed by atoms with E-state index in [4.69, 9.17) is 14.1 Å². The summed E-state index contributed by atoms with van der Waals surface area (Å²) in [6.07, 6.45) is 2.56. The third kappa shape index (κ3) is 6.76. The van der Waals surface area contributed by atoms with Crippen LogP contribution in [0.4, 0.5) is 0 Å². The summed E-state index contributed by atoms with van der Waals surface area (Å²) in [7, 11) is 0. The van der Waals surface area contributed by atoms with E-state index in [1.807, 2.05) is 19.1 Å². The van der Waals surface area contributed by atoms with Crippen LogP contribution >= 0.6 is 24.0 Å². The highest BCUT2D eigenvalue weighted by molar-refractivity contribution is 14.0. The molecule has 1 aromatic heterocycles. The van der Waals surface area contributed by atoms with E-state index in [9.17, 15) is 0 Å². The lowest BCUT2D eigenvalue weighted by Gasteiger charge is -2.39. The Morgan fingerprint density at radius 1 is 1.35 bits per heavy atom. The van der Waals surface area contributed by atoms with Crippen LogP contribution in [0, 0.1) is 18.3 Å². The molecule has 150 valence electrons. The van der Waals surface area contributed by atoms with E-state index in [1.165, 1.54) is 6.42 Å². The number of halogens is 1. The molecule has 1 aliphatic heterocycles. The van der Waals surface area contributed by atoms with Gasteiger partial charge in [-0.3, -0.25) is 4.99 Å². The number of hydrogen-bond donors (Lipinski definition) is 2. The van der Waals surface area contributed by atoms with Crippen LogP contribution in [-0.4, -0.2) is 31.8 Å². The highest BCUT2D eigenvalue weighted by Gasteiger charge is 2.35. The topological polar surface area (TPSA) is 58.8 Å². The molecule has 0 radical (unpaired) electrons. The molecule has 3 atom stereocenters. The van der Waals surface area contributed by atoms with Crippen LogP contribution in [0.3, 0.4) is 0 Å². The van der Waals surface area contributed by atoms with Gasteiger partial charge in [-0.15, -0.1) is 24.0 Å². The van der Waals surface area contributed by atoms with Crippen LogP contribution in [0.15, 0.2) is 21.5 Å². The number of guanidine groups is 1. The zero-order valence-electron chi connectivity index (χ0n) is 17.1. The quantitative estimate of drug-likeness (QED) is 0.368. The van der Waals surface area contributed by atoms with E-state index in [-0.39, 0.29) is 41.5 Å². The van der Waals surface area contributed by atoms with Gasteiger partial charge in [0, 0.05) is 25.6 Å². The second-order valence-corrected chi connectivity index (χ2v) is 8.09. The van der Waals surface area contributed by atoms with E-state index < -0.39 is 0 Å². The molecule has 2 rings (SSSR count). The van der Waals surface area contributed by atoms with Gasteiger partial charge in [0.25, 0.3) is 0 Å². The Kier molecular flexibility index (Phi) is 9.44. The zero-order chi connectivity index (χ0) is 18.4. The SMILES string of the molecule is CCNC(=NCC1CCCOC1C(C)(C)C)NC(C)c1ccc(C)o1.I. The molecule has 0 aromatic carbocycles. The summed E-state index contributed by atoms with van der Waals surface area (Å²) < 4.78 is 11.8. The molecule has 1 aliphatic rings. The normalized spacial score (nSPS) is 22.5. The zero-order valence-corrected chi connectivity index (χ0v) is 19.4. The smallest absolute Gasteiger partial charge is 0.191 e. The van der Waals surface area contributed by atoms with Gasteiger partial charge in [-0.05, 0) is 51.2 Å². The number of hydrogen-bond acceptors (Lipinski definition) is 3. The van der Waals surface area contributed by atoms with Crippen LogP contribution in [0.5, 0.6) is 0 Å². The molecule has 0 saturated carbocycles. The Morgan fingerprint density at radius 3 is 2.65 bits per heavy atom. The van der Waals surface area contributed by atoms with Crippen molar-refractivity contribution in [2.75, 3.05) is 19.7 Å². The standard InChI is InChI=1S/C20H35N3O2.HI/c1-7-21-19(23-15(3)17-11-10-14(2)25-17)22-13-16-9-8-12-24-18(16)20(4,5)6;/h10-11,15-16,18H,7-9,12-13H2,1-6H3,(H2,21,22,23);1H. The first kappa shape index (κ1) is 23.3. The Morgan fingerprint density at radius 2 is 2.08 bits per heavy atom. The highest BCUT2D eigenvalue weighted by atomic mass is 127. The molecule has 26 heavy (non-hydrogen) atoms. The van der Waals surface area contributed by atoms with E-state index in [0.717, 1.165) is 43.6 Å². The van der Waals surface area contributed by atoms with Gasteiger partial charge in [0.2, 0.25) is 0 Å². The molecular weight excluding hydrogens is 441 g/mol. The van der Waals surface area contributed by atoms with E-state index >= 15 is 0 Å². The van der Waals surface area contributed by atoms with Crippen molar-refractivity contribution >= 4 is 29.9 Å². The predicted octanol–water partition coefficient (Wildman–Crippen LogP) is 4.66. The summed E-state index contributed by atoms with van der Waals surface area (Å²) in [6, 6.07) is 4.08. The molecule has 6 heteroatoms. The second-order valence-electron chi connectivity index (χ2n) is 8.09. The molecule has 0 aliphatic carbocycles. The second kappa shape index (κ2) is 10.5. The fraction of sp³-hybridized carbons (Fsp3) is 0.750. The molecule has 0 amide bonds. The average molecular weight is 477 g/mol. The third-order valence-corrected chi connectivity index (χ3v) is 4.67.